The number of thiophene rings is 1. The molecule has 0 saturated heterocycles. The number of hydrogen-bond acceptors (Lipinski definition) is 4. The van der Waals surface area contributed by atoms with Gasteiger partial charge in [0.15, 0.2) is 5.13 Å². The van der Waals surface area contributed by atoms with Crippen molar-refractivity contribution in [1.82, 2.24) is 5.43 Å². The lowest BCUT2D eigenvalue weighted by atomic mass is 10.2. The molecule has 0 fully saturated rings. The lowest BCUT2D eigenvalue weighted by Gasteiger charge is -1.97. The number of halogens is 1. The van der Waals surface area contributed by atoms with Crippen LogP contribution in [0.25, 0.3) is 0 Å². The number of carbonyl (C=O) groups excluding carboxylic acids is 1. The van der Waals surface area contributed by atoms with Crippen LogP contribution >= 0.6 is 11.3 Å². The Morgan fingerprint density at radius 1 is 1.33 bits per heavy atom. The van der Waals surface area contributed by atoms with Gasteiger partial charge in [0.05, 0.1) is 11.1 Å². The fourth-order valence-electron chi connectivity index (χ4n) is 1.25. The predicted molar refractivity (Wildman–Crippen MR) is 67.4 cm³/mol. The van der Waals surface area contributed by atoms with Gasteiger partial charge in [0, 0.05) is 5.56 Å². The molecule has 0 aliphatic heterocycles. The average Bonchev–Trinajstić information content (AvgIpc) is 2.78. The third-order valence-electron chi connectivity index (χ3n) is 2.10. The summed E-state index contributed by atoms with van der Waals surface area (Å²) in [5.41, 5.74) is 2.73. The normalized spacial score (nSPS) is 10.7. The topological polar surface area (TPSA) is 61.7 Å². The number of benzene rings is 1. The lowest BCUT2D eigenvalue weighted by molar-refractivity contribution is 0.0959. The van der Waals surface area contributed by atoms with Crippen LogP contribution in [0.2, 0.25) is 0 Å². The van der Waals surface area contributed by atoms with E-state index in [4.69, 9.17) is 0 Å². The smallest absolute Gasteiger partial charge is 0.281 e. The summed E-state index contributed by atoms with van der Waals surface area (Å²) in [5.74, 6) is -0.423. The molecule has 0 unspecified atom stereocenters. The van der Waals surface area contributed by atoms with Crippen LogP contribution in [0.5, 0.6) is 5.75 Å². The minimum absolute atomic E-state index is 0.0673. The Morgan fingerprint density at radius 3 is 2.78 bits per heavy atom. The van der Waals surface area contributed by atoms with Crippen LogP contribution in [0.15, 0.2) is 41.5 Å². The fourth-order valence-corrected chi connectivity index (χ4v) is 1.87. The molecular formula is C12H9FN2O2S. The second kappa shape index (κ2) is 5.42. The SMILES string of the molecule is O=C(NN=Cc1ccccc1O)c1ccc(F)s1. The van der Waals surface area contributed by atoms with Crippen LogP contribution in [0.4, 0.5) is 4.39 Å². The number of phenolic OH excluding ortho intramolecular Hbond substituents is 1. The molecule has 0 radical (unpaired) electrons. The van der Waals surface area contributed by atoms with E-state index in [1.165, 1.54) is 24.4 Å². The molecule has 1 amide bonds. The molecule has 92 valence electrons. The first-order valence-electron chi connectivity index (χ1n) is 5.03. The third-order valence-corrected chi connectivity index (χ3v) is 2.98. The van der Waals surface area contributed by atoms with E-state index in [9.17, 15) is 14.3 Å². The number of nitrogens with one attached hydrogen (secondary N) is 1. The van der Waals surface area contributed by atoms with Gasteiger partial charge in [-0.25, -0.2) is 5.43 Å². The van der Waals surface area contributed by atoms with E-state index in [-0.39, 0.29) is 10.6 Å². The summed E-state index contributed by atoms with van der Waals surface area (Å²) in [6.45, 7) is 0. The number of phenols is 1. The summed E-state index contributed by atoms with van der Waals surface area (Å²) in [6.07, 6.45) is 1.32. The molecule has 0 spiro atoms. The van der Waals surface area contributed by atoms with E-state index >= 15 is 0 Å². The summed E-state index contributed by atoms with van der Waals surface area (Å²) in [4.78, 5) is 11.7. The van der Waals surface area contributed by atoms with Crippen LogP contribution in [-0.4, -0.2) is 17.2 Å². The summed E-state index contributed by atoms with van der Waals surface area (Å²) in [5, 5.41) is 12.7. The highest BCUT2D eigenvalue weighted by Crippen LogP contribution is 2.14. The van der Waals surface area contributed by atoms with Gasteiger partial charge in [-0.1, -0.05) is 12.1 Å². The van der Waals surface area contributed by atoms with Crippen LogP contribution in [0.3, 0.4) is 0 Å². The number of para-hydroxylation sites is 1. The van der Waals surface area contributed by atoms with Gasteiger partial charge >= 0.3 is 0 Å². The first-order chi connectivity index (χ1) is 8.66. The van der Waals surface area contributed by atoms with Crippen molar-refractivity contribution in [1.29, 1.82) is 0 Å². The van der Waals surface area contributed by atoms with Crippen molar-refractivity contribution < 1.29 is 14.3 Å². The minimum Gasteiger partial charge on any atom is -0.507 e. The molecule has 0 bridgehead atoms. The molecule has 2 N–H and O–H groups in total. The molecule has 2 aromatic rings. The quantitative estimate of drug-likeness (QED) is 0.660. The maximum atomic E-state index is 12.7. The highest BCUT2D eigenvalue weighted by atomic mass is 32.1. The van der Waals surface area contributed by atoms with Crippen LogP contribution in [0.1, 0.15) is 15.2 Å². The number of nitrogens with zero attached hydrogens (tertiary/aromatic N) is 1. The van der Waals surface area contributed by atoms with Crippen molar-refractivity contribution in [3.8, 4) is 5.75 Å². The van der Waals surface area contributed by atoms with E-state index in [0.29, 0.717) is 5.56 Å². The number of hydrazone groups is 1. The van der Waals surface area contributed by atoms with Gasteiger partial charge in [-0.2, -0.15) is 9.49 Å². The largest absolute Gasteiger partial charge is 0.507 e. The van der Waals surface area contributed by atoms with Crippen LogP contribution < -0.4 is 5.43 Å². The highest BCUT2D eigenvalue weighted by Gasteiger charge is 2.07. The van der Waals surface area contributed by atoms with Crippen molar-refractivity contribution in [2.45, 2.75) is 0 Å². The maximum absolute atomic E-state index is 12.7. The molecule has 0 aliphatic rings. The van der Waals surface area contributed by atoms with E-state index in [1.54, 1.807) is 18.2 Å². The zero-order valence-corrected chi connectivity index (χ0v) is 9.95. The summed E-state index contributed by atoms with van der Waals surface area (Å²) in [6, 6.07) is 9.17. The van der Waals surface area contributed by atoms with Crippen LogP contribution in [-0.2, 0) is 0 Å². The Kier molecular flexibility index (Phi) is 3.69. The molecule has 18 heavy (non-hydrogen) atoms. The zero-order valence-electron chi connectivity index (χ0n) is 9.13. The molecule has 0 atom stereocenters. The van der Waals surface area contributed by atoms with Gasteiger partial charge in [-0.15, -0.1) is 11.3 Å². The van der Waals surface area contributed by atoms with Gasteiger partial charge in [0.25, 0.3) is 5.91 Å². The standard InChI is InChI=1S/C12H9FN2O2S/c13-11-6-5-10(18-11)12(17)15-14-7-8-3-1-2-4-9(8)16/h1-7,16H,(H,15,17). The summed E-state index contributed by atoms with van der Waals surface area (Å²) in [7, 11) is 0. The Hall–Kier alpha value is -2.21. The van der Waals surface area contributed by atoms with Crippen molar-refractivity contribution in [3.63, 3.8) is 0 Å². The maximum Gasteiger partial charge on any atom is 0.281 e. The van der Waals surface area contributed by atoms with Crippen molar-refractivity contribution in [2.24, 2.45) is 5.10 Å². The van der Waals surface area contributed by atoms with Gasteiger partial charge in [-0.05, 0) is 24.3 Å². The number of rotatable bonds is 3. The van der Waals surface area contributed by atoms with Crippen LogP contribution in [0, 0.1) is 5.13 Å². The fraction of sp³-hybridized carbons (Fsp3) is 0. The zero-order chi connectivity index (χ0) is 13.0. The van der Waals surface area contributed by atoms with E-state index in [0.717, 1.165) is 11.3 Å². The molecule has 1 aromatic heterocycles. The monoisotopic (exact) mass is 264 g/mol. The molecule has 0 saturated carbocycles. The number of carbonyl (C=O) groups is 1. The molecule has 4 nitrogen and oxygen atoms in total. The minimum atomic E-state index is -0.490. The van der Waals surface area contributed by atoms with Gasteiger partial charge in [0.1, 0.15) is 5.75 Å². The van der Waals surface area contributed by atoms with E-state index < -0.39 is 11.0 Å². The van der Waals surface area contributed by atoms with Crippen molar-refractivity contribution >= 4 is 23.5 Å². The average molecular weight is 264 g/mol. The first kappa shape index (κ1) is 12.3. The number of amides is 1. The molecule has 0 aliphatic carbocycles. The second-order valence-corrected chi connectivity index (χ2v) is 4.40. The third kappa shape index (κ3) is 2.92. The molecule has 1 heterocycles. The van der Waals surface area contributed by atoms with Gasteiger partial charge in [0.2, 0.25) is 0 Å². The molecule has 6 heteroatoms. The molecular weight excluding hydrogens is 255 g/mol. The Labute approximate surface area is 106 Å². The molecule has 1 aromatic carbocycles. The van der Waals surface area contributed by atoms with Gasteiger partial charge in [-0.3, -0.25) is 4.79 Å². The predicted octanol–water partition coefficient (Wildman–Crippen LogP) is 2.36. The second-order valence-electron chi connectivity index (χ2n) is 3.36. The van der Waals surface area contributed by atoms with Crippen molar-refractivity contribution in [3.05, 3.63) is 52.0 Å². The Balaban J connectivity index is 2.00. The summed E-state index contributed by atoms with van der Waals surface area (Å²) >= 11 is 0.743. The number of hydrogen-bond donors (Lipinski definition) is 2. The number of aromatic hydroxyl groups is 1. The first-order valence-corrected chi connectivity index (χ1v) is 5.85. The van der Waals surface area contributed by atoms with E-state index in [2.05, 4.69) is 10.5 Å². The van der Waals surface area contributed by atoms with E-state index in [1.807, 2.05) is 0 Å². The Morgan fingerprint density at radius 2 is 2.11 bits per heavy atom. The van der Waals surface area contributed by atoms with Gasteiger partial charge < -0.3 is 5.11 Å². The Bertz CT molecular complexity index is 595. The molecule has 2 rings (SSSR count). The lowest BCUT2D eigenvalue weighted by Crippen LogP contribution is -2.16. The summed E-state index contributed by atoms with van der Waals surface area (Å²) < 4.78 is 12.7. The highest BCUT2D eigenvalue weighted by molar-refractivity contribution is 7.12. The van der Waals surface area contributed by atoms with Crippen molar-refractivity contribution in [2.75, 3.05) is 0 Å².